The third-order valence-electron chi connectivity index (χ3n) is 3.72. The van der Waals surface area contributed by atoms with Crippen LogP contribution in [0, 0.1) is 5.92 Å². The van der Waals surface area contributed by atoms with Crippen LogP contribution in [0.15, 0.2) is 0 Å². The molecule has 0 radical (unpaired) electrons. The van der Waals surface area contributed by atoms with E-state index in [1.165, 1.54) is 32.5 Å². The average Bonchev–Trinajstić information content (AvgIpc) is 2.34. The maximum Gasteiger partial charge on any atom is 0.0594 e. The Morgan fingerprint density at radius 3 is 2.76 bits per heavy atom. The van der Waals surface area contributed by atoms with Crippen LogP contribution in [-0.4, -0.2) is 49.8 Å². The highest BCUT2D eigenvalue weighted by molar-refractivity contribution is 4.79. The molecule has 1 heterocycles. The Morgan fingerprint density at radius 1 is 1.35 bits per heavy atom. The molecule has 0 aromatic carbocycles. The number of ether oxygens (including phenoxy) is 1. The quantitative estimate of drug-likeness (QED) is 0.692. The molecule has 1 fully saturated rings. The predicted octanol–water partition coefficient (Wildman–Crippen LogP) is 2.12. The van der Waals surface area contributed by atoms with E-state index in [0.717, 1.165) is 19.1 Å². The molecule has 1 N–H and O–H groups in total. The number of nitrogens with zero attached hydrogens (tertiary/aromatic N) is 1. The van der Waals surface area contributed by atoms with Gasteiger partial charge in [-0.05, 0) is 52.6 Å². The first-order valence-electron chi connectivity index (χ1n) is 7.20. The SMILES string of the molecule is CCN1CCCC(C(C)NCCOC(C)C)C1. The summed E-state index contributed by atoms with van der Waals surface area (Å²) in [6, 6.07) is 0.611. The maximum atomic E-state index is 5.55. The number of nitrogens with one attached hydrogen (secondary N) is 1. The summed E-state index contributed by atoms with van der Waals surface area (Å²) in [5.41, 5.74) is 0. The van der Waals surface area contributed by atoms with Gasteiger partial charge in [0.1, 0.15) is 0 Å². The molecule has 0 aromatic rings. The van der Waals surface area contributed by atoms with E-state index in [9.17, 15) is 0 Å². The van der Waals surface area contributed by atoms with Gasteiger partial charge in [-0.15, -0.1) is 0 Å². The van der Waals surface area contributed by atoms with Crippen LogP contribution in [0.2, 0.25) is 0 Å². The molecular weight excluding hydrogens is 212 g/mol. The lowest BCUT2D eigenvalue weighted by Crippen LogP contribution is -2.45. The summed E-state index contributed by atoms with van der Waals surface area (Å²) in [4.78, 5) is 2.57. The van der Waals surface area contributed by atoms with Crippen molar-refractivity contribution in [3.05, 3.63) is 0 Å². The van der Waals surface area contributed by atoms with E-state index < -0.39 is 0 Å². The third-order valence-corrected chi connectivity index (χ3v) is 3.72. The first-order valence-corrected chi connectivity index (χ1v) is 7.20. The first kappa shape index (κ1) is 14.9. The zero-order valence-electron chi connectivity index (χ0n) is 12.0. The fourth-order valence-electron chi connectivity index (χ4n) is 2.53. The molecule has 17 heavy (non-hydrogen) atoms. The van der Waals surface area contributed by atoms with Crippen LogP contribution in [0.5, 0.6) is 0 Å². The molecule has 2 atom stereocenters. The second-order valence-corrected chi connectivity index (χ2v) is 5.46. The van der Waals surface area contributed by atoms with Gasteiger partial charge in [0.25, 0.3) is 0 Å². The minimum atomic E-state index is 0.345. The van der Waals surface area contributed by atoms with Crippen molar-refractivity contribution in [3.63, 3.8) is 0 Å². The van der Waals surface area contributed by atoms with Crippen molar-refractivity contribution < 1.29 is 4.74 Å². The van der Waals surface area contributed by atoms with Gasteiger partial charge < -0.3 is 15.0 Å². The Bertz CT molecular complexity index is 197. The van der Waals surface area contributed by atoms with Gasteiger partial charge in [0.15, 0.2) is 0 Å². The minimum Gasteiger partial charge on any atom is -0.377 e. The van der Waals surface area contributed by atoms with Gasteiger partial charge in [0.2, 0.25) is 0 Å². The van der Waals surface area contributed by atoms with Gasteiger partial charge in [0.05, 0.1) is 12.7 Å². The molecule has 102 valence electrons. The molecule has 0 aromatic heterocycles. The van der Waals surface area contributed by atoms with Crippen LogP contribution in [0.1, 0.15) is 40.5 Å². The van der Waals surface area contributed by atoms with Crippen molar-refractivity contribution in [2.75, 3.05) is 32.8 Å². The summed E-state index contributed by atoms with van der Waals surface area (Å²) in [6.07, 6.45) is 3.07. The third kappa shape index (κ3) is 5.84. The molecule has 0 bridgehead atoms. The van der Waals surface area contributed by atoms with E-state index in [-0.39, 0.29) is 0 Å². The van der Waals surface area contributed by atoms with Crippen LogP contribution >= 0.6 is 0 Å². The van der Waals surface area contributed by atoms with Crippen LogP contribution in [0.25, 0.3) is 0 Å². The molecule has 0 aliphatic carbocycles. The number of hydrogen-bond donors (Lipinski definition) is 1. The van der Waals surface area contributed by atoms with E-state index >= 15 is 0 Å². The molecule has 0 saturated carbocycles. The Hall–Kier alpha value is -0.120. The highest BCUT2D eigenvalue weighted by Gasteiger charge is 2.23. The molecular formula is C14H30N2O. The van der Waals surface area contributed by atoms with Crippen LogP contribution in [-0.2, 0) is 4.74 Å². The van der Waals surface area contributed by atoms with Crippen LogP contribution in [0.4, 0.5) is 0 Å². The monoisotopic (exact) mass is 242 g/mol. The summed E-state index contributed by atoms with van der Waals surface area (Å²) < 4.78 is 5.55. The summed E-state index contributed by atoms with van der Waals surface area (Å²) in [5, 5.41) is 3.60. The normalized spacial score (nSPS) is 24.2. The second kappa shape index (κ2) is 8.06. The Morgan fingerprint density at radius 2 is 2.12 bits per heavy atom. The molecule has 1 aliphatic rings. The Kier molecular flexibility index (Phi) is 7.09. The molecule has 3 nitrogen and oxygen atoms in total. The molecule has 0 amide bonds. The zero-order chi connectivity index (χ0) is 12.7. The van der Waals surface area contributed by atoms with Crippen molar-refractivity contribution in [1.82, 2.24) is 10.2 Å². The summed E-state index contributed by atoms with van der Waals surface area (Å²) in [6.45, 7) is 14.3. The van der Waals surface area contributed by atoms with Gasteiger partial charge in [-0.3, -0.25) is 0 Å². The molecule has 1 rings (SSSR count). The van der Waals surface area contributed by atoms with Crippen molar-refractivity contribution in [2.45, 2.75) is 52.7 Å². The van der Waals surface area contributed by atoms with Gasteiger partial charge in [0, 0.05) is 19.1 Å². The minimum absolute atomic E-state index is 0.345. The van der Waals surface area contributed by atoms with E-state index in [1.54, 1.807) is 0 Å². The lowest BCUT2D eigenvalue weighted by Gasteiger charge is -2.35. The number of piperidine rings is 1. The summed E-state index contributed by atoms with van der Waals surface area (Å²) >= 11 is 0. The van der Waals surface area contributed by atoms with Crippen molar-refractivity contribution >= 4 is 0 Å². The highest BCUT2D eigenvalue weighted by Crippen LogP contribution is 2.19. The number of likely N-dealkylation sites (tertiary alicyclic amines) is 1. The Balaban J connectivity index is 2.15. The number of hydrogen-bond acceptors (Lipinski definition) is 3. The van der Waals surface area contributed by atoms with E-state index in [2.05, 4.69) is 37.9 Å². The van der Waals surface area contributed by atoms with Crippen molar-refractivity contribution in [2.24, 2.45) is 5.92 Å². The summed E-state index contributed by atoms with van der Waals surface area (Å²) in [5.74, 6) is 0.808. The van der Waals surface area contributed by atoms with Crippen LogP contribution < -0.4 is 5.32 Å². The molecule has 3 heteroatoms. The largest absolute Gasteiger partial charge is 0.377 e. The van der Waals surface area contributed by atoms with Crippen LogP contribution in [0.3, 0.4) is 0 Å². The van der Waals surface area contributed by atoms with Gasteiger partial charge in [-0.1, -0.05) is 6.92 Å². The van der Waals surface area contributed by atoms with Gasteiger partial charge >= 0.3 is 0 Å². The Labute approximate surface area is 107 Å². The molecule has 1 saturated heterocycles. The van der Waals surface area contributed by atoms with Gasteiger partial charge in [-0.2, -0.15) is 0 Å². The number of rotatable bonds is 7. The summed E-state index contributed by atoms with van der Waals surface area (Å²) in [7, 11) is 0. The molecule has 0 spiro atoms. The predicted molar refractivity (Wildman–Crippen MR) is 73.4 cm³/mol. The lowest BCUT2D eigenvalue weighted by molar-refractivity contribution is 0.0761. The second-order valence-electron chi connectivity index (χ2n) is 5.46. The van der Waals surface area contributed by atoms with Gasteiger partial charge in [-0.25, -0.2) is 0 Å². The maximum absolute atomic E-state index is 5.55. The average molecular weight is 242 g/mol. The van der Waals surface area contributed by atoms with E-state index in [4.69, 9.17) is 4.74 Å². The molecule has 1 aliphatic heterocycles. The smallest absolute Gasteiger partial charge is 0.0594 e. The fraction of sp³-hybridized carbons (Fsp3) is 1.00. The fourth-order valence-corrected chi connectivity index (χ4v) is 2.53. The topological polar surface area (TPSA) is 24.5 Å². The lowest BCUT2D eigenvalue weighted by atomic mass is 9.91. The van der Waals surface area contributed by atoms with E-state index in [0.29, 0.717) is 12.1 Å². The van der Waals surface area contributed by atoms with Crippen molar-refractivity contribution in [1.29, 1.82) is 0 Å². The molecule has 2 unspecified atom stereocenters. The zero-order valence-corrected chi connectivity index (χ0v) is 12.0. The first-order chi connectivity index (χ1) is 8.13. The van der Waals surface area contributed by atoms with E-state index in [1.807, 2.05) is 0 Å². The standard InChI is InChI=1S/C14H30N2O/c1-5-16-9-6-7-14(11-16)13(4)15-8-10-17-12(2)3/h12-15H,5-11H2,1-4H3. The highest BCUT2D eigenvalue weighted by atomic mass is 16.5. The van der Waals surface area contributed by atoms with Crippen molar-refractivity contribution in [3.8, 4) is 0 Å².